The number of ether oxygens (including phenoxy) is 1. The van der Waals surface area contributed by atoms with Gasteiger partial charge in [-0.1, -0.05) is 24.0 Å². The number of nitro benzene ring substituents is 1. The molecule has 0 saturated carbocycles. The van der Waals surface area contributed by atoms with Crippen LogP contribution in [0, 0.1) is 10.1 Å². The lowest BCUT2D eigenvalue weighted by Gasteiger charge is -2.13. The number of rotatable bonds is 6. The van der Waals surface area contributed by atoms with Gasteiger partial charge in [-0.2, -0.15) is 0 Å². The third kappa shape index (κ3) is 3.90. The van der Waals surface area contributed by atoms with Gasteiger partial charge in [0, 0.05) is 32.4 Å². The molecule has 8 heteroatoms. The minimum absolute atomic E-state index is 0.0178. The predicted octanol–water partition coefficient (Wildman–Crippen LogP) is 2.83. The summed E-state index contributed by atoms with van der Waals surface area (Å²) in [5.41, 5.74) is 0.743. The Balaban J connectivity index is 2.10. The van der Waals surface area contributed by atoms with Crippen LogP contribution in [0.1, 0.15) is 12.0 Å². The fraction of sp³-hybridized carbons (Fsp3) is 0.286. The minimum Gasteiger partial charge on any atom is -0.385 e. The van der Waals surface area contributed by atoms with Gasteiger partial charge in [-0.05, 0) is 30.2 Å². The summed E-state index contributed by atoms with van der Waals surface area (Å²) in [6.45, 7) is 1.09. The second-order valence-corrected chi connectivity index (χ2v) is 6.20. The Morgan fingerprint density at radius 1 is 1.41 bits per heavy atom. The van der Waals surface area contributed by atoms with Gasteiger partial charge in [-0.3, -0.25) is 19.8 Å². The van der Waals surface area contributed by atoms with Crippen molar-refractivity contribution in [2.75, 3.05) is 20.3 Å². The molecule has 1 aromatic carbocycles. The molecule has 1 aliphatic heterocycles. The third-order valence-corrected chi connectivity index (χ3v) is 4.38. The Labute approximate surface area is 137 Å². The zero-order chi connectivity index (χ0) is 16.1. The number of nitro groups is 1. The molecule has 1 aromatic rings. The molecule has 0 aromatic heterocycles. The van der Waals surface area contributed by atoms with Crippen LogP contribution in [0.25, 0.3) is 6.08 Å². The molecule has 1 aliphatic rings. The Kier molecular flexibility index (Phi) is 5.64. The standard InChI is InChI=1S/C14H14N2O4S2/c1-20-8-2-7-15-13(17)12(22-14(15)21)9-10-3-5-11(6-4-10)16(18)19/h3-6,9H,2,7-8H2,1H3/b12-9-. The fourth-order valence-corrected chi connectivity index (χ4v) is 3.21. The molecule has 0 unspecified atom stereocenters. The summed E-state index contributed by atoms with van der Waals surface area (Å²) in [5.74, 6) is -0.135. The van der Waals surface area contributed by atoms with Crippen LogP contribution < -0.4 is 0 Å². The van der Waals surface area contributed by atoms with Crippen LogP contribution in [-0.2, 0) is 9.53 Å². The van der Waals surface area contributed by atoms with E-state index in [-0.39, 0.29) is 11.6 Å². The smallest absolute Gasteiger partial charge is 0.269 e. The SMILES string of the molecule is COCCCN1C(=O)/C(=C/c2ccc([N+](=O)[O-])cc2)SC1=S. The van der Waals surface area contributed by atoms with Crippen LogP contribution in [0.2, 0.25) is 0 Å². The van der Waals surface area contributed by atoms with Gasteiger partial charge in [-0.15, -0.1) is 0 Å². The van der Waals surface area contributed by atoms with E-state index in [9.17, 15) is 14.9 Å². The van der Waals surface area contributed by atoms with Crippen molar-refractivity contribution in [2.24, 2.45) is 0 Å². The number of carbonyl (C=O) groups is 1. The monoisotopic (exact) mass is 338 g/mol. The molecule has 1 saturated heterocycles. The molecule has 1 fully saturated rings. The van der Waals surface area contributed by atoms with E-state index in [0.29, 0.717) is 28.8 Å². The number of hydrogen-bond donors (Lipinski definition) is 0. The molecule has 0 N–H and O–H groups in total. The first-order valence-corrected chi connectivity index (χ1v) is 7.74. The molecule has 6 nitrogen and oxygen atoms in total. The minimum atomic E-state index is -0.459. The van der Waals surface area contributed by atoms with Crippen LogP contribution in [-0.4, -0.2) is 40.3 Å². The number of nitrogens with zero attached hydrogens (tertiary/aromatic N) is 2. The maximum atomic E-state index is 12.3. The third-order valence-electron chi connectivity index (χ3n) is 3.01. The average Bonchev–Trinajstić information content (AvgIpc) is 2.75. The molecule has 1 amide bonds. The van der Waals surface area contributed by atoms with Crippen molar-refractivity contribution in [3.8, 4) is 0 Å². The highest BCUT2D eigenvalue weighted by Crippen LogP contribution is 2.32. The van der Waals surface area contributed by atoms with Gasteiger partial charge >= 0.3 is 0 Å². The van der Waals surface area contributed by atoms with Crippen LogP contribution in [0.15, 0.2) is 29.2 Å². The van der Waals surface area contributed by atoms with Crippen molar-refractivity contribution in [1.29, 1.82) is 0 Å². The van der Waals surface area contributed by atoms with Crippen LogP contribution in [0.3, 0.4) is 0 Å². The summed E-state index contributed by atoms with van der Waals surface area (Å²) in [6.07, 6.45) is 2.41. The Bertz CT molecular complexity index is 628. The number of thiocarbonyl (C=S) groups is 1. The first-order valence-electron chi connectivity index (χ1n) is 6.51. The van der Waals surface area contributed by atoms with E-state index >= 15 is 0 Å². The van der Waals surface area contributed by atoms with E-state index in [0.717, 1.165) is 5.56 Å². The van der Waals surface area contributed by atoms with Crippen molar-refractivity contribution in [1.82, 2.24) is 4.90 Å². The van der Waals surface area contributed by atoms with Crippen molar-refractivity contribution < 1.29 is 14.5 Å². The number of non-ortho nitro benzene ring substituents is 1. The van der Waals surface area contributed by atoms with Crippen LogP contribution in [0.4, 0.5) is 5.69 Å². The molecule has 0 aliphatic carbocycles. The average molecular weight is 338 g/mol. The van der Waals surface area contributed by atoms with E-state index in [4.69, 9.17) is 17.0 Å². The zero-order valence-corrected chi connectivity index (χ0v) is 13.5. The Morgan fingerprint density at radius 2 is 2.09 bits per heavy atom. The second kappa shape index (κ2) is 7.48. The summed E-state index contributed by atoms with van der Waals surface area (Å²) in [7, 11) is 1.61. The highest BCUT2D eigenvalue weighted by Gasteiger charge is 2.31. The Hall–Kier alpha value is -1.77. The second-order valence-electron chi connectivity index (χ2n) is 4.53. The van der Waals surface area contributed by atoms with Crippen LogP contribution in [0.5, 0.6) is 0 Å². The van der Waals surface area contributed by atoms with Gasteiger partial charge in [0.2, 0.25) is 0 Å². The largest absolute Gasteiger partial charge is 0.385 e. The molecule has 116 valence electrons. The molecule has 0 bridgehead atoms. The number of methoxy groups -OCH3 is 1. The first kappa shape index (κ1) is 16.6. The Morgan fingerprint density at radius 3 is 2.68 bits per heavy atom. The fourth-order valence-electron chi connectivity index (χ4n) is 1.90. The van der Waals surface area contributed by atoms with E-state index in [1.807, 2.05) is 0 Å². The van der Waals surface area contributed by atoms with E-state index in [1.54, 1.807) is 30.2 Å². The molecule has 0 radical (unpaired) electrons. The first-order chi connectivity index (χ1) is 10.5. The van der Waals surface area contributed by atoms with E-state index in [2.05, 4.69) is 0 Å². The summed E-state index contributed by atoms with van der Waals surface area (Å²) >= 11 is 6.45. The van der Waals surface area contributed by atoms with Gasteiger partial charge < -0.3 is 4.74 Å². The summed E-state index contributed by atoms with van der Waals surface area (Å²) in [4.78, 5) is 24.5. The summed E-state index contributed by atoms with van der Waals surface area (Å²) < 4.78 is 5.49. The van der Waals surface area contributed by atoms with Crippen molar-refractivity contribution in [3.05, 3.63) is 44.8 Å². The summed E-state index contributed by atoms with van der Waals surface area (Å²) in [6, 6.07) is 6.03. The number of benzene rings is 1. The van der Waals surface area contributed by atoms with Crippen LogP contribution >= 0.6 is 24.0 Å². The van der Waals surface area contributed by atoms with Crippen molar-refractivity contribution >= 4 is 46.0 Å². The molecular weight excluding hydrogens is 324 g/mol. The highest BCUT2D eigenvalue weighted by molar-refractivity contribution is 8.26. The predicted molar refractivity (Wildman–Crippen MR) is 89.5 cm³/mol. The van der Waals surface area contributed by atoms with Gasteiger partial charge in [0.25, 0.3) is 11.6 Å². The maximum absolute atomic E-state index is 12.3. The highest BCUT2D eigenvalue weighted by atomic mass is 32.2. The quantitative estimate of drug-likeness (QED) is 0.261. The molecule has 0 atom stereocenters. The lowest BCUT2D eigenvalue weighted by atomic mass is 10.2. The molecular formula is C14H14N2O4S2. The maximum Gasteiger partial charge on any atom is 0.269 e. The van der Waals surface area contributed by atoms with Crippen molar-refractivity contribution in [2.45, 2.75) is 6.42 Å². The van der Waals surface area contributed by atoms with E-state index < -0.39 is 4.92 Å². The number of carbonyl (C=O) groups excluding carboxylic acids is 1. The topological polar surface area (TPSA) is 72.7 Å². The number of thioether (sulfide) groups is 1. The van der Waals surface area contributed by atoms with Crippen molar-refractivity contribution in [3.63, 3.8) is 0 Å². The summed E-state index contributed by atoms with van der Waals surface area (Å²) in [5, 5.41) is 10.6. The molecule has 22 heavy (non-hydrogen) atoms. The van der Waals surface area contributed by atoms with Gasteiger partial charge in [0.1, 0.15) is 4.32 Å². The normalized spacial score (nSPS) is 16.6. The number of amides is 1. The van der Waals surface area contributed by atoms with E-state index in [1.165, 1.54) is 23.9 Å². The van der Waals surface area contributed by atoms with Gasteiger partial charge in [0.05, 0.1) is 9.83 Å². The lowest BCUT2D eigenvalue weighted by Crippen LogP contribution is -2.29. The number of hydrogen-bond acceptors (Lipinski definition) is 6. The molecule has 1 heterocycles. The molecule has 2 rings (SSSR count). The lowest BCUT2D eigenvalue weighted by molar-refractivity contribution is -0.384. The van der Waals surface area contributed by atoms with Gasteiger partial charge in [0.15, 0.2) is 0 Å². The van der Waals surface area contributed by atoms with Gasteiger partial charge in [-0.25, -0.2) is 0 Å². The molecule has 0 spiro atoms. The zero-order valence-electron chi connectivity index (χ0n) is 11.9.